The first-order valence-electron chi connectivity index (χ1n) is 6.20. The average Bonchev–Trinajstić information content (AvgIpc) is 2.46. The highest BCUT2D eigenvalue weighted by molar-refractivity contribution is 7.99. The van der Waals surface area contributed by atoms with Crippen molar-refractivity contribution < 1.29 is 9.90 Å². The van der Waals surface area contributed by atoms with E-state index in [-0.39, 0.29) is 5.56 Å². The number of aromatic carboxylic acids is 1. The van der Waals surface area contributed by atoms with E-state index >= 15 is 0 Å². The van der Waals surface area contributed by atoms with Crippen molar-refractivity contribution in [2.75, 3.05) is 0 Å². The van der Waals surface area contributed by atoms with E-state index in [1.54, 1.807) is 24.3 Å². The van der Waals surface area contributed by atoms with Crippen LogP contribution in [0.5, 0.6) is 0 Å². The summed E-state index contributed by atoms with van der Waals surface area (Å²) in [5, 5.41) is 11.3. The summed E-state index contributed by atoms with van der Waals surface area (Å²) in [6.45, 7) is 0. The molecule has 0 fully saturated rings. The van der Waals surface area contributed by atoms with E-state index in [0.717, 1.165) is 4.90 Å². The van der Waals surface area contributed by atoms with Crippen molar-refractivity contribution in [1.29, 1.82) is 0 Å². The molecule has 104 valence electrons. The summed E-state index contributed by atoms with van der Waals surface area (Å²) in [5.41, 5.74) is 0.923. The smallest absolute Gasteiger partial charge is 0.336 e. The van der Waals surface area contributed by atoms with E-state index in [1.165, 1.54) is 11.8 Å². The molecule has 0 spiro atoms. The fourth-order valence-electron chi connectivity index (χ4n) is 2.03. The summed E-state index contributed by atoms with van der Waals surface area (Å²) in [5.74, 6) is -0.957. The largest absolute Gasteiger partial charge is 0.478 e. The van der Waals surface area contributed by atoms with Crippen LogP contribution in [0.25, 0.3) is 10.9 Å². The first kappa shape index (κ1) is 13.9. The number of fused-ring (bicyclic) bond motifs is 1. The Bertz CT molecular complexity index is 835. The molecule has 2 aromatic carbocycles. The second-order valence-electron chi connectivity index (χ2n) is 4.39. The zero-order valence-corrected chi connectivity index (χ0v) is 12.4. The second-order valence-corrected chi connectivity index (χ2v) is 5.92. The zero-order valence-electron chi connectivity index (χ0n) is 10.8. The molecule has 0 radical (unpaired) electrons. The fourth-order valence-corrected chi connectivity index (χ4v) is 3.18. The maximum Gasteiger partial charge on any atom is 0.336 e. The topological polar surface area (TPSA) is 50.2 Å². The SMILES string of the molecule is O=C(O)c1cc(Sc2cccc(Cl)c2)nc2ccccc12. The van der Waals surface area contributed by atoms with Crippen LogP contribution in [-0.4, -0.2) is 16.1 Å². The van der Waals surface area contributed by atoms with Gasteiger partial charge in [-0.2, -0.15) is 0 Å². The lowest BCUT2D eigenvalue weighted by atomic mass is 10.1. The predicted molar refractivity (Wildman–Crippen MR) is 84.3 cm³/mol. The van der Waals surface area contributed by atoms with Crippen LogP contribution in [-0.2, 0) is 0 Å². The van der Waals surface area contributed by atoms with Crippen LogP contribution in [0.4, 0.5) is 0 Å². The minimum atomic E-state index is -0.957. The molecule has 5 heteroatoms. The molecule has 0 amide bonds. The average molecular weight is 316 g/mol. The van der Waals surface area contributed by atoms with Crippen molar-refractivity contribution >= 4 is 40.2 Å². The lowest BCUT2D eigenvalue weighted by molar-refractivity contribution is 0.0698. The summed E-state index contributed by atoms with van der Waals surface area (Å²) in [6.07, 6.45) is 0. The Kier molecular flexibility index (Phi) is 3.82. The highest BCUT2D eigenvalue weighted by Gasteiger charge is 2.12. The highest BCUT2D eigenvalue weighted by atomic mass is 35.5. The first-order valence-corrected chi connectivity index (χ1v) is 7.39. The van der Waals surface area contributed by atoms with Gasteiger partial charge in [0.15, 0.2) is 0 Å². The van der Waals surface area contributed by atoms with Crippen molar-refractivity contribution in [1.82, 2.24) is 4.98 Å². The van der Waals surface area contributed by atoms with Gasteiger partial charge in [0, 0.05) is 15.3 Å². The van der Waals surface area contributed by atoms with Crippen LogP contribution in [0, 0.1) is 0 Å². The molecule has 3 aromatic rings. The van der Waals surface area contributed by atoms with Crippen molar-refractivity contribution in [3.05, 3.63) is 65.2 Å². The number of para-hydroxylation sites is 1. The molecule has 1 aromatic heterocycles. The summed E-state index contributed by atoms with van der Waals surface area (Å²) >= 11 is 7.35. The van der Waals surface area contributed by atoms with Gasteiger partial charge in [0.1, 0.15) is 5.03 Å². The number of rotatable bonds is 3. The van der Waals surface area contributed by atoms with Gasteiger partial charge in [0.05, 0.1) is 11.1 Å². The standard InChI is InChI=1S/C16H10ClNO2S/c17-10-4-3-5-11(8-10)21-15-9-13(16(19)20)12-6-1-2-7-14(12)18-15/h1-9H,(H,19,20). The molecule has 0 atom stereocenters. The van der Waals surface area contributed by atoms with E-state index in [2.05, 4.69) is 4.98 Å². The molecule has 0 aliphatic carbocycles. The number of halogens is 1. The molecule has 1 heterocycles. The van der Waals surface area contributed by atoms with E-state index in [4.69, 9.17) is 11.6 Å². The normalized spacial score (nSPS) is 10.7. The Morgan fingerprint density at radius 2 is 1.90 bits per heavy atom. The molecule has 0 bridgehead atoms. The van der Waals surface area contributed by atoms with Crippen LogP contribution >= 0.6 is 23.4 Å². The van der Waals surface area contributed by atoms with Crippen LogP contribution in [0.3, 0.4) is 0 Å². The first-order chi connectivity index (χ1) is 10.1. The Balaban J connectivity index is 2.09. The maximum absolute atomic E-state index is 11.4. The molecule has 0 aliphatic rings. The van der Waals surface area contributed by atoms with Gasteiger partial charge in [-0.1, -0.05) is 47.6 Å². The fraction of sp³-hybridized carbons (Fsp3) is 0. The molecule has 1 N–H and O–H groups in total. The van der Waals surface area contributed by atoms with Gasteiger partial charge < -0.3 is 5.11 Å². The van der Waals surface area contributed by atoms with Crippen molar-refractivity contribution in [2.45, 2.75) is 9.92 Å². The minimum absolute atomic E-state index is 0.255. The van der Waals surface area contributed by atoms with E-state index in [0.29, 0.717) is 21.0 Å². The van der Waals surface area contributed by atoms with Crippen LogP contribution in [0.2, 0.25) is 5.02 Å². The summed E-state index contributed by atoms with van der Waals surface area (Å²) in [4.78, 5) is 16.8. The van der Waals surface area contributed by atoms with Gasteiger partial charge in [-0.25, -0.2) is 9.78 Å². The Morgan fingerprint density at radius 1 is 1.10 bits per heavy atom. The Hall–Kier alpha value is -2.04. The van der Waals surface area contributed by atoms with Gasteiger partial charge in [-0.3, -0.25) is 0 Å². The number of hydrogen-bond acceptors (Lipinski definition) is 3. The van der Waals surface area contributed by atoms with E-state index in [1.807, 2.05) is 30.3 Å². The van der Waals surface area contributed by atoms with Gasteiger partial charge in [0.2, 0.25) is 0 Å². The number of aromatic nitrogens is 1. The number of carboxylic acid groups (broad SMARTS) is 1. The quantitative estimate of drug-likeness (QED) is 0.758. The molecule has 0 saturated carbocycles. The third kappa shape index (κ3) is 3.01. The number of benzene rings is 2. The summed E-state index contributed by atoms with van der Waals surface area (Å²) in [7, 11) is 0. The Morgan fingerprint density at radius 3 is 2.67 bits per heavy atom. The summed E-state index contributed by atoms with van der Waals surface area (Å²) < 4.78 is 0. The lowest BCUT2D eigenvalue weighted by Gasteiger charge is -2.06. The highest BCUT2D eigenvalue weighted by Crippen LogP contribution is 2.31. The molecule has 0 aliphatic heterocycles. The van der Waals surface area contributed by atoms with E-state index < -0.39 is 5.97 Å². The summed E-state index contributed by atoms with van der Waals surface area (Å²) in [6, 6.07) is 16.2. The number of pyridine rings is 1. The molecular formula is C16H10ClNO2S. The van der Waals surface area contributed by atoms with Crippen molar-refractivity contribution in [3.63, 3.8) is 0 Å². The van der Waals surface area contributed by atoms with Crippen LogP contribution in [0.1, 0.15) is 10.4 Å². The zero-order chi connectivity index (χ0) is 14.8. The van der Waals surface area contributed by atoms with Gasteiger partial charge >= 0.3 is 5.97 Å². The Labute approximate surface area is 130 Å². The van der Waals surface area contributed by atoms with Gasteiger partial charge in [-0.15, -0.1) is 0 Å². The molecular weight excluding hydrogens is 306 g/mol. The number of nitrogens with zero attached hydrogens (tertiary/aromatic N) is 1. The monoisotopic (exact) mass is 315 g/mol. The predicted octanol–water partition coefficient (Wildman–Crippen LogP) is 4.74. The molecule has 3 nitrogen and oxygen atoms in total. The molecule has 0 unspecified atom stereocenters. The third-order valence-electron chi connectivity index (χ3n) is 2.94. The number of carboxylic acids is 1. The third-order valence-corrected chi connectivity index (χ3v) is 4.08. The van der Waals surface area contributed by atoms with Crippen molar-refractivity contribution in [3.8, 4) is 0 Å². The lowest BCUT2D eigenvalue weighted by Crippen LogP contribution is -1.99. The van der Waals surface area contributed by atoms with Gasteiger partial charge in [-0.05, 0) is 30.3 Å². The minimum Gasteiger partial charge on any atom is -0.478 e. The molecule has 21 heavy (non-hydrogen) atoms. The maximum atomic E-state index is 11.4. The van der Waals surface area contributed by atoms with E-state index in [9.17, 15) is 9.90 Å². The second kappa shape index (κ2) is 5.76. The van der Waals surface area contributed by atoms with Crippen LogP contribution in [0.15, 0.2) is 64.5 Å². The van der Waals surface area contributed by atoms with Crippen molar-refractivity contribution in [2.24, 2.45) is 0 Å². The van der Waals surface area contributed by atoms with Crippen LogP contribution < -0.4 is 0 Å². The molecule has 3 rings (SSSR count). The molecule has 0 saturated heterocycles. The number of hydrogen-bond donors (Lipinski definition) is 1. The van der Waals surface area contributed by atoms with Gasteiger partial charge in [0.25, 0.3) is 0 Å². The number of carbonyl (C=O) groups is 1.